The van der Waals surface area contributed by atoms with Crippen molar-refractivity contribution in [1.29, 1.82) is 0 Å². The summed E-state index contributed by atoms with van der Waals surface area (Å²) in [6, 6.07) is 0.423. The zero-order valence-electron chi connectivity index (χ0n) is 11.6. The highest BCUT2D eigenvalue weighted by Gasteiger charge is 2.38. The summed E-state index contributed by atoms with van der Waals surface area (Å²) in [5.74, 6) is 0.287. The topological polar surface area (TPSA) is 69.6 Å². The minimum atomic E-state index is -0.747. The first-order valence-corrected chi connectivity index (χ1v) is 7.37. The summed E-state index contributed by atoms with van der Waals surface area (Å²) in [5.41, 5.74) is 0. The van der Waals surface area contributed by atoms with Gasteiger partial charge in [0, 0.05) is 25.6 Å². The van der Waals surface area contributed by atoms with Gasteiger partial charge in [0.25, 0.3) is 0 Å². The van der Waals surface area contributed by atoms with Gasteiger partial charge < -0.3 is 15.3 Å². The molecule has 2 aliphatic rings. The van der Waals surface area contributed by atoms with Gasteiger partial charge >= 0.3 is 12.0 Å². The number of hydrogen-bond acceptors (Lipinski definition) is 2. The Morgan fingerprint density at radius 1 is 1.37 bits per heavy atom. The Kier molecular flexibility index (Phi) is 4.66. The molecule has 5 nitrogen and oxygen atoms in total. The van der Waals surface area contributed by atoms with E-state index >= 15 is 0 Å². The van der Waals surface area contributed by atoms with E-state index in [4.69, 9.17) is 5.11 Å². The lowest BCUT2D eigenvalue weighted by Crippen LogP contribution is -2.40. The Balaban J connectivity index is 1.66. The summed E-state index contributed by atoms with van der Waals surface area (Å²) in [4.78, 5) is 24.4. The van der Waals surface area contributed by atoms with E-state index in [1.807, 2.05) is 4.90 Å². The number of carboxylic acid groups (broad SMARTS) is 1. The lowest BCUT2D eigenvalue weighted by Gasteiger charge is -2.17. The molecule has 0 aromatic rings. The third-order valence-corrected chi connectivity index (χ3v) is 4.23. The molecule has 1 saturated carbocycles. The second-order valence-corrected chi connectivity index (χ2v) is 5.87. The molecule has 1 saturated heterocycles. The standard InChI is InChI=1S/C14H24N2O3/c1-2-3-11-8-12(11)15-14(19)16-7-6-10(9-16)4-5-13(17)18/h10-12H,2-9H2,1H3,(H,15,19)(H,17,18). The Hall–Kier alpha value is -1.26. The normalized spacial score (nSPS) is 29.3. The zero-order valence-corrected chi connectivity index (χ0v) is 11.6. The van der Waals surface area contributed by atoms with E-state index in [-0.39, 0.29) is 12.5 Å². The second kappa shape index (κ2) is 6.26. The number of nitrogens with zero attached hydrogens (tertiary/aromatic N) is 1. The highest BCUT2D eigenvalue weighted by Crippen LogP contribution is 2.34. The van der Waals surface area contributed by atoms with Crippen LogP contribution in [0.2, 0.25) is 0 Å². The minimum absolute atomic E-state index is 0.0430. The summed E-state index contributed by atoms with van der Waals surface area (Å²) in [7, 11) is 0. The van der Waals surface area contributed by atoms with Gasteiger partial charge in [-0.25, -0.2) is 4.79 Å². The number of urea groups is 1. The molecule has 2 N–H and O–H groups in total. The van der Waals surface area contributed by atoms with Crippen LogP contribution < -0.4 is 5.32 Å². The summed E-state index contributed by atoms with van der Waals surface area (Å²) in [6.07, 6.45) is 5.33. The smallest absolute Gasteiger partial charge is 0.317 e. The van der Waals surface area contributed by atoms with Crippen molar-refractivity contribution in [2.24, 2.45) is 11.8 Å². The van der Waals surface area contributed by atoms with Gasteiger partial charge in [-0.3, -0.25) is 4.79 Å². The van der Waals surface area contributed by atoms with E-state index in [2.05, 4.69) is 12.2 Å². The maximum absolute atomic E-state index is 12.0. The van der Waals surface area contributed by atoms with Crippen molar-refractivity contribution in [3.8, 4) is 0 Å². The molecule has 0 bridgehead atoms. The maximum atomic E-state index is 12.0. The van der Waals surface area contributed by atoms with Crippen LogP contribution in [0.25, 0.3) is 0 Å². The third kappa shape index (κ3) is 4.11. The van der Waals surface area contributed by atoms with Crippen LogP contribution >= 0.6 is 0 Å². The zero-order chi connectivity index (χ0) is 13.8. The van der Waals surface area contributed by atoms with Crippen molar-refractivity contribution in [2.45, 2.75) is 51.5 Å². The Bertz CT molecular complexity index is 346. The van der Waals surface area contributed by atoms with E-state index in [9.17, 15) is 9.59 Å². The molecular weight excluding hydrogens is 244 g/mol. The fourth-order valence-electron chi connectivity index (χ4n) is 2.94. The molecular formula is C14H24N2O3. The van der Waals surface area contributed by atoms with Crippen molar-refractivity contribution in [3.63, 3.8) is 0 Å². The van der Waals surface area contributed by atoms with Crippen LogP contribution in [0.3, 0.4) is 0 Å². The lowest BCUT2D eigenvalue weighted by molar-refractivity contribution is -0.137. The van der Waals surface area contributed by atoms with Crippen molar-refractivity contribution >= 4 is 12.0 Å². The van der Waals surface area contributed by atoms with Crippen LogP contribution in [0.15, 0.2) is 0 Å². The second-order valence-electron chi connectivity index (χ2n) is 5.87. The van der Waals surface area contributed by atoms with E-state index < -0.39 is 5.97 Å². The number of rotatable bonds is 6. The van der Waals surface area contributed by atoms with E-state index in [1.54, 1.807) is 0 Å². The highest BCUT2D eigenvalue weighted by molar-refractivity contribution is 5.75. The fourth-order valence-corrected chi connectivity index (χ4v) is 2.94. The van der Waals surface area contributed by atoms with Gasteiger partial charge in [-0.1, -0.05) is 13.3 Å². The minimum Gasteiger partial charge on any atom is -0.481 e. The number of hydrogen-bond donors (Lipinski definition) is 2. The number of aliphatic carboxylic acids is 1. The molecule has 3 atom stereocenters. The molecule has 1 heterocycles. The average molecular weight is 268 g/mol. The maximum Gasteiger partial charge on any atom is 0.317 e. The first-order valence-electron chi connectivity index (χ1n) is 7.37. The van der Waals surface area contributed by atoms with Crippen molar-refractivity contribution in [3.05, 3.63) is 0 Å². The monoisotopic (exact) mass is 268 g/mol. The molecule has 2 fully saturated rings. The van der Waals surface area contributed by atoms with Crippen molar-refractivity contribution in [1.82, 2.24) is 10.2 Å². The molecule has 0 spiro atoms. The summed E-state index contributed by atoms with van der Waals surface area (Å²) in [5, 5.41) is 11.7. The molecule has 2 amide bonds. The largest absolute Gasteiger partial charge is 0.481 e. The van der Waals surface area contributed by atoms with Gasteiger partial charge in [-0.15, -0.1) is 0 Å². The van der Waals surface area contributed by atoms with Gasteiger partial charge in [0.05, 0.1) is 0 Å². The lowest BCUT2D eigenvalue weighted by atomic mass is 10.0. The van der Waals surface area contributed by atoms with Gasteiger partial charge in [0.2, 0.25) is 0 Å². The van der Waals surface area contributed by atoms with Crippen molar-refractivity contribution in [2.75, 3.05) is 13.1 Å². The van der Waals surface area contributed by atoms with Crippen LogP contribution in [0.5, 0.6) is 0 Å². The van der Waals surface area contributed by atoms with Crippen LogP contribution in [0, 0.1) is 11.8 Å². The summed E-state index contributed by atoms with van der Waals surface area (Å²) in [6.45, 7) is 3.65. The molecule has 108 valence electrons. The average Bonchev–Trinajstić information content (AvgIpc) is 2.92. The van der Waals surface area contributed by atoms with Crippen molar-refractivity contribution < 1.29 is 14.7 Å². The van der Waals surface area contributed by atoms with Gasteiger partial charge in [-0.05, 0) is 37.5 Å². The first kappa shape index (κ1) is 14.2. The quantitative estimate of drug-likeness (QED) is 0.774. The molecule has 1 aliphatic carbocycles. The molecule has 19 heavy (non-hydrogen) atoms. The predicted molar refractivity (Wildman–Crippen MR) is 71.9 cm³/mol. The number of amides is 2. The highest BCUT2D eigenvalue weighted by atomic mass is 16.4. The third-order valence-electron chi connectivity index (χ3n) is 4.23. The van der Waals surface area contributed by atoms with Crippen LogP contribution in [0.1, 0.15) is 45.4 Å². The molecule has 3 unspecified atom stereocenters. The fraction of sp³-hybridized carbons (Fsp3) is 0.857. The Labute approximate surface area is 114 Å². The van der Waals surface area contributed by atoms with E-state index in [0.29, 0.717) is 30.8 Å². The van der Waals surface area contributed by atoms with Crippen LogP contribution in [-0.4, -0.2) is 41.1 Å². The molecule has 0 radical (unpaired) electrons. The van der Waals surface area contributed by atoms with Gasteiger partial charge in [0.15, 0.2) is 0 Å². The number of likely N-dealkylation sites (tertiary alicyclic amines) is 1. The number of carbonyl (C=O) groups is 2. The first-order chi connectivity index (χ1) is 9.10. The molecule has 0 aromatic heterocycles. The van der Waals surface area contributed by atoms with Gasteiger partial charge in [0.1, 0.15) is 0 Å². The van der Waals surface area contributed by atoms with Crippen LogP contribution in [-0.2, 0) is 4.79 Å². The number of nitrogens with one attached hydrogen (secondary N) is 1. The molecule has 1 aliphatic heterocycles. The summed E-state index contributed by atoms with van der Waals surface area (Å²) >= 11 is 0. The van der Waals surface area contributed by atoms with E-state index in [0.717, 1.165) is 19.4 Å². The molecule has 0 aromatic carbocycles. The predicted octanol–water partition coefficient (Wildman–Crippen LogP) is 2.07. The number of carboxylic acids is 1. The molecule has 5 heteroatoms. The van der Waals surface area contributed by atoms with E-state index in [1.165, 1.54) is 12.8 Å². The summed E-state index contributed by atoms with van der Waals surface area (Å²) < 4.78 is 0. The molecule has 2 rings (SSSR count). The van der Waals surface area contributed by atoms with Gasteiger partial charge in [-0.2, -0.15) is 0 Å². The SMILES string of the molecule is CCCC1CC1NC(=O)N1CCC(CCC(=O)O)C1. The Morgan fingerprint density at radius 3 is 2.84 bits per heavy atom. The number of carbonyl (C=O) groups excluding carboxylic acids is 1. The van der Waals surface area contributed by atoms with Crippen LogP contribution in [0.4, 0.5) is 4.79 Å². The Morgan fingerprint density at radius 2 is 2.16 bits per heavy atom.